The van der Waals surface area contributed by atoms with Crippen molar-refractivity contribution in [1.82, 2.24) is 4.98 Å². The van der Waals surface area contributed by atoms with Gasteiger partial charge in [0.05, 0.1) is 42.0 Å². The number of hydrogen-bond donors (Lipinski definition) is 1. The van der Waals surface area contributed by atoms with E-state index in [9.17, 15) is 14.4 Å². The van der Waals surface area contributed by atoms with E-state index in [1.807, 2.05) is 0 Å². The topological polar surface area (TPSA) is 104 Å². The van der Waals surface area contributed by atoms with Crippen molar-refractivity contribution >= 4 is 34.5 Å². The number of pyridine rings is 1. The number of rotatable bonds is 9. The Bertz CT molecular complexity index is 944. The minimum atomic E-state index is -0.560. The van der Waals surface area contributed by atoms with Gasteiger partial charge in [-0.05, 0) is 59.2 Å². The molecule has 0 aliphatic heterocycles. The monoisotopic (exact) mass is 430 g/mol. The highest BCUT2D eigenvalue weighted by molar-refractivity contribution is 6.06. The average Bonchev–Trinajstić information content (AvgIpc) is 2.72. The number of fused-ring (bicyclic) bond motifs is 1. The third-order valence-electron chi connectivity index (χ3n) is 4.34. The minimum Gasteiger partial charge on any atom is -0.465 e. The number of nitrogens with zero attached hydrogens (tertiary/aromatic N) is 1. The summed E-state index contributed by atoms with van der Waals surface area (Å²) in [6.45, 7) is 10.0. The van der Waals surface area contributed by atoms with Gasteiger partial charge in [-0.3, -0.25) is 9.78 Å². The predicted molar refractivity (Wildman–Crippen MR) is 117 cm³/mol. The molecule has 2 rings (SSSR count). The number of esters is 3. The summed E-state index contributed by atoms with van der Waals surface area (Å²) in [4.78, 5) is 40.8. The molecule has 168 valence electrons. The van der Waals surface area contributed by atoms with Gasteiger partial charge in [-0.2, -0.15) is 0 Å². The first kappa shape index (κ1) is 24.1. The summed E-state index contributed by atoms with van der Waals surface area (Å²) in [6.07, 6.45) is 1.98. The number of carbonyl (C=O) groups is 3. The molecule has 0 aliphatic rings. The lowest BCUT2D eigenvalue weighted by molar-refractivity contribution is -0.152. The van der Waals surface area contributed by atoms with E-state index in [1.54, 1.807) is 52.8 Å². The molecule has 0 fully saturated rings. The predicted octanol–water partition coefficient (Wildman–Crippen LogP) is 3.98. The Hall–Kier alpha value is -3.16. The molecular formula is C23H30N2O6. The average molecular weight is 431 g/mol. The molecular weight excluding hydrogens is 400 g/mol. The smallest absolute Gasteiger partial charge is 0.341 e. The molecule has 0 atom stereocenters. The molecule has 0 spiro atoms. The van der Waals surface area contributed by atoms with Crippen LogP contribution in [0.15, 0.2) is 24.4 Å². The zero-order valence-corrected chi connectivity index (χ0v) is 18.7. The van der Waals surface area contributed by atoms with E-state index >= 15 is 0 Å². The quantitative estimate of drug-likeness (QED) is 0.362. The fourth-order valence-corrected chi connectivity index (χ4v) is 2.75. The second-order valence-electron chi connectivity index (χ2n) is 7.89. The van der Waals surface area contributed by atoms with Crippen LogP contribution in [0.3, 0.4) is 0 Å². The van der Waals surface area contributed by atoms with E-state index in [4.69, 9.17) is 14.2 Å². The summed E-state index contributed by atoms with van der Waals surface area (Å²) in [5.74, 6) is -1.24. The molecule has 0 saturated heterocycles. The standard InChI is InChI=1S/C23H30N2O6/c1-6-29-20(26)15-9-10-18-16(13-15)19(17(14-25-18)21(27)30-7-2)24-11-8-12-31-22(28)23(3,4)5/h9-10,13-14H,6-8,11-12H2,1-5H3,(H,24,25). The van der Waals surface area contributed by atoms with Gasteiger partial charge in [0.2, 0.25) is 0 Å². The van der Waals surface area contributed by atoms with Crippen LogP contribution in [-0.4, -0.2) is 49.3 Å². The van der Waals surface area contributed by atoms with E-state index in [2.05, 4.69) is 10.3 Å². The van der Waals surface area contributed by atoms with Crippen LogP contribution in [0.5, 0.6) is 0 Å². The van der Waals surface area contributed by atoms with Gasteiger partial charge in [-0.25, -0.2) is 9.59 Å². The van der Waals surface area contributed by atoms with Crippen molar-refractivity contribution in [3.63, 3.8) is 0 Å². The van der Waals surface area contributed by atoms with Gasteiger partial charge in [-0.1, -0.05) is 0 Å². The van der Waals surface area contributed by atoms with Crippen molar-refractivity contribution in [3.8, 4) is 0 Å². The summed E-state index contributed by atoms with van der Waals surface area (Å²) < 4.78 is 15.5. The Labute approximate surface area is 182 Å². The lowest BCUT2D eigenvalue weighted by atomic mass is 9.97. The fraction of sp³-hybridized carbons (Fsp3) is 0.478. The van der Waals surface area contributed by atoms with Crippen molar-refractivity contribution < 1.29 is 28.6 Å². The van der Waals surface area contributed by atoms with Crippen LogP contribution in [-0.2, 0) is 19.0 Å². The van der Waals surface area contributed by atoms with Crippen molar-refractivity contribution in [1.29, 1.82) is 0 Å². The Morgan fingerprint density at radius 1 is 1.00 bits per heavy atom. The lowest BCUT2D eigenvalue weighted by Gasteiger charge is -2.17. The molecule has 0 unspecified atom stereocenters. The highest BCUT2D eigenvalue weighted by Gasteiger charge is 2.23. The van der Waals surface area contributed by atoms with Gasteiger partial charge >= 0.3 is 17.9 Å². The zero-order chi connectivity index (χ0) is 23.0. The van der Waals surface area contributed by atoms with Gasteiger partial charge < -0.3 is 19.5 Å². The number of nitrogens with one attached hydrogen (secondary N) is 1. The van der Waals surface area contributed by atoms with Crippen LogP contribution >= 0.6 is 0 Å². The number of ether oxygens (including phenoxy) is 3. The molecule has 31 heavy (non-hydrogen) atoms. The molecule has 2 aromatic rings. The lowest BCUT2D eigenvalue weighted by Crippen LogP contribution is -2.24. The Morgan fingerprint density at radius 2 is 1.68 bits per heavy atom. The molecule has 1 heterocycles. The maximum atomic E-state index is 12.5. The number of hydrogen-bond acceptors (Lipinski definition) is 8. The number of benzene rings is 1. The molecule has 0 saturated carbocycles. The Kier molecular flexibility index (Phi) is 8.36. The van der Waals surface area contributed by atoms with Gasteiger partial charge in [0.25, 0.3) is 0 Å². The van der Waals surface area contributed by atoms with E-state index in [0.29, 0.717) is 35.1 Å². The van der Waals surface area contributed by atoms with Crippen LogP contribution in [0.1, 0.15) is 61.8 Å². The Morgan fingerprint density at radius 3 is 2.32 bits per heavy atom. The number of aromatic nitrogens is 1. The van der Waals surface area contributed by atoms with Crippen LogP contribution in [0.2, 0.25) is 0 Å². The van der Waals surface area contributed by atoms with Crippen molar-refractivity contribution in [3.05, 3.63) is 35.5 Å². The third kappa shape index (κ3) is 6.41. The van der Waals surface area contributed by atoms with Gasteiger partial charge in [0.15, 0.2) is 0 Å². The van der Waals surface area contributed by atoms with E-state index in [-0.39, 0.29) is 31.4 Å². The maximum Gasteiger partial charge on any atom is 0.341 e. The van der Waals surface area contributed by atoms with Crippen molar-refractivity contribution in [2.24, 2.45) is 5.41 Å². The van der Waals surface area contributed by atoms with Gasteiger partial charge in [0, 0.05) is 18.1 Å². The van der Waals surface area contributed by atoms with Crippen LogP contribution in [0.25, 0.3) is 10.9 Å². The molecule has 1 aromatic heterocycles. The Balaban J connectivity index is 2.27. The van der Waals surface area contributed by atoms with E-state index < -0.39 is 17.4 Å². The highest BCUT2D eigenvalue weighted by atomic mass is 16.5. The molecule has 8 heteroatoms. The van der Waals surface area contributed by atoms with E-state index in [1.165, 1.54) is 6.20 Å². The van der Waals surface area contributed by atoms with Gasteiger partial charge in [0.1, 0.15) is 5.56 Å². The van der Waals surface area contributed by atoms with Crippen molar-refractivity contribution in [2.45, 2.75) is 41.0 Å². The minimum absolute atomic E-state index is 0.224. The summed E-state index contributed by atoms with van der Waals surface area (Å²) >= 11 is 0. The normalized spacial score (nSPS) is 11.1. The van der Waals surface area contributed by atoms with Crippen molar-refractivity contribution in [2.75, 3.05) is 31.7 Å². The summed E-state index contributed by atoms with van der Waals surface area (Å²) in [6, 6.07) is 4.98. The molecule has 0 amide bonds. The van der Waals surface area contributed by atoms with E-state index in [0.717, 1.165) is 0 Å². The molecule has 1 aromatic carbocycles. The highest BCUT2D eigenvalue weighted by Crippen LogP contribution is 2.28. The van der Waals surface area contributed by atoms with Crippen LogP contribution < -0.4 is 5.32 Å². The summed E-state index contributed by atoms with van der Waals surface area (Å²) in [5, 5.41) is 3.82. The van der Waals surface area contributed by atoms with Crippen LogP contribution in [0.4, 0.5) is 5.69 Å². The second-order valence-corrected chi connectivity index (χ2v) is 7.89. The summed E-state index contributed by atoms with van der Waals surface area (Å²) in [7, 11) is 0. The van der Waals surface area contributed by atoms with Crippen LogP contribution in [0, 0.1) is 5.41 Å². The largest absolute Gasteiger partial charge is 0.465 e. The SMILES string of the molecule is CCOC(=O)c1ccc2ncc(C(=O)OCC)c(NCCCOC(=O)C(C)(C)C)c2c1. The first-order valence-electron chi connectivity index (χ1n) is 10.4. The fourth-order valence-electron chi connectivity index (χ4n) is 2.75. The maximum absolute atomic E-state index is 12.5. The molecule has 0 bridgehead atoms. The van der Waals surface area contributed by atoms with Gasteiger partial charge in [-0.15, -0.1) is 0 Å². The summed E-state index contributed by atoms with van der Waals surface area (Å²) in [5.41, 5.74) is 1.19. The number of carbonyl (C=O) groups excluding carboxylic acids is 3. The molecule has 8 nitrogen and oxygen atoms in total. The third-order valence-corrected chi connectivity index (χ3v) is 4.34. The molecule has 1 N–H and O–H groups in total. The second kappa shape index (κ2) is 10.7. The zero-order valence-electron chi connectivity index (χ0n) is 18.7. The first-order valence-corrected chi connectivity index (χ1v) is 10.4. The molecule has 0 aliphatic carbocycles. The molecule has 0 radical (unpaired) electrons. The first-order chi connectivity index (χ1) is 14.7. The number of anilines is 1.